The molecule has 0 N–H and O–H groups in total. The Balaban J connectivity index is 1.25. The van der Waals surface area contributed by atoms with Crippen molar-refractivity contribution in [1.82, 2.24) is 4.57 Å². The van der Waals surface area contributed by atoms with Crippen LogP contribution in [-0.4, -0.2) is 4.57 Å². The van der Waals surface area contributed by atoms with Gasteiger partial charge < -0.3 is 4.57 Å². The van der Waals surface area contributed by atoms with Gasteiger partial charge in [0.1, 0.15) is 0 Å². The fourth-order valence-electron chi connectivity index (χ4n) is 7.31. The van der Waals surface area contributed by atoms with Gasteiger partial charge in [-0.2, -0.15) is 0 Å². The summed E-state index contributed by atoms with van der Waals surface area (Å²) in [5.41, 5.74) is 18.9. The first kappa shape index (κ1) is 28.8. The molecule has 0 bridgehead atoms. The van der Waals surface area contributed by atoms with Crippen molar-refractivity contribution in [3.05, 3.63) is 174 Å². The molecular formula is C46H37N. The Morgan fingerprint density at radius 1 is 0.319 bits per heavy atom. The monoisotopic (exact) mass is 603 g/mol. The third-order valence-corrected chi connectivity index (χ3v) is 9.68. The SMILES string of the molecule is Cc1cc(-c2cc(C)c(-n3c4ccccc4c4ccccc43)cc2C)c(C)cc1-c1cc(-c2ccccc2)cc(-c2ccccc2)c1. The molecule has 0 aliphatic heterocycles. The fraction of sp³-hybridized carbons (Fsp3) is 0.0870. The molecule has 0 aliphatic rings. The predicted molar refractivity (Wildman–Crippen MR) is 201 cm³/mol. The first-order valence-corrected chi connectivity index (χ1v) is 16.4. The van der Waals surface area contributed by atoms with Crippen molar-refractivity contribution in [3.8, 4) is 50.2 Å². The van der Waals surface area contributed by atoms with Crippen LogP contribution in [0.5, 0.6) is 0 Å². The van der Waals surface area contributed by atoms with E-state index in [1.165, 1.54) is 94.3 Å². The van der Waals surface area contributed by atoms with Crippen molar-refractivity contribution in [2.75, 3.05) is 0 Å². The third-order valence-electron chi connectivity index (χ3n) is 9.68. The number of para-hydroxylation sites is 2. The normalized spacial score (nSPS) is 11.4. The first-order valence-electron chi connectivity index (χ1n) is 16.4. The lowest BCUT2D eigenvalue weighted by Crippen LogP contribution is -2.00. The van der Waals surface area contributed by atoms with E-state index in [-0.39, 0.29) is 0 Å². The number of aromatic nitrogens is 1. The van der Waals surface area contributed by atoms with Crippen LogP contribution < -0.4 is 0 Å². The van der Waals surface area contributed by atoms with Gasteiger partial charge in [0, 0.05) is 16.5 Å². The molecule has 0 saturated heterocycles. The second-order valence-electron chi connectivity index (χ2n) is 12.8. The van der Waals surface area contributed by atoms with Gasteiger partial charge in [-0.15, -0.1) is 0 Å². The number of aryl methyl sites for hydroxylation is 4. The van der Waals surface area contributed by atoms with Crippen LogP contribution in [0.3, 0.4) is 0 Å². The van der Waals surface area contributed by atoms with Crippen LogP contribution in [0.2, 0.25) is 0 Å². The van der Waals surface area contributed by atoms with Gasteiger partial charge in [0.25, 0.3) is 0 Å². The minimum Gasteiger partial charge on any atom is -0.309 e. The molecule has 7 aromatic carbocycles. The van der Waals surface area contributed by atoms with E-state index < -0.39 is 0 Å². The predicted octanol–water partition coefficient (Wildman–Crippen LogP) is 12.7. The van der Waals surface area contributed by atoms with Crippen LogP contribution in [0.1, 0.15) is 22.3 Å². The molecule has 0 atom stereocenters. The Morgan fingerprint density at radius 3 is 1.28 bits per heavy atom. The van der Waals surface area contributed by atoms with Crippen LogP contribution in [0.25, 0.3) is 72.0 Å². The highest BCUT2D eigenvalue weighted by Gasteiger charge is 2.17. The van der Waals surface area contributed by atoms with E-state index in [9.17, 15) is 0 Å². The number of fused-ring (bicyclic) bond motifs is 3. The summed E-state index contributed by atoms with van der Waals surface area (Å²) < 4.78 is 2.43. The molecule has 1 heterocycles. The first-order chi connectivity index (χ1) is 23.0. The summed E-state index contributed by atoms with van der Waals surface area (Å²) in [5.74, 6) is 0. The van der Waals surface area contributed by atoms with Gasteiger partial charge in [-0.1, -0.05) is 109 Å². The van der Waals surface area contributed by atoms with E-state index in [1.807, 2.05) is 0 Å². The van der Waals surface area contributed by atoms with Crippen molar-refractivity contribution < 1.29 is 0 Å². The Labute approximate surface area is 277 Å². The van der Waals surface area contributed by atoms with Gasteiger partial charge >= 0.3 is 0 Å². The molecule has 8 aromatic rings. The van der Waals surface area contributed by atoms with Gasteiger partial charge in [0.15, 0.2) is 0 Å². The van der Waals surface area contributed by atoms with Crippen molar-refractivity contribution in [3.63, 3.8) is 0 Å². The highest BCUT2D eigenvalue weighted by molar-refractivity contribution is 6.09. The van der Waals surface area contributed by atoms with Crippen LogP contribution in [0.15, 0.2) is 152 Å². The number of rotatable bonds is 5. The van der Waals surface area contributed by atoms with Gasteiger partial charge in [0.05, 0.1) is 11.0 Å². The van der Waals surface area contributed by atoms with E-state index in [2.05, 4.69) is 184 Å². The summed E-state index contributed by atoms with van der Waals surface area (Å²) in [6.45, 7) is 9.01. The van der Waals surface area contributed by atoms with Gasteiger partial charge in [-0.25, -0.2) is 0 Å². The van der Waals surface area contributed by atoms with Crippen molar-refractivity contribution in [2.45, 2.75) is 27.7 Å². The third kappa shape index (κ3) is 5.05. The molecule has 0 spiro atoms. The Morgan fingerprint density at radius 2 is 0.723 bits per heavy atom. The second-order valence-corrected chi connectivity index (χ2v) is 12.8. The zero-order valence-corrected chi connectivity index (χ0v) is 27.4. The van der Waals surface area contributed by atoms with Crippen molar-refractivity contribution >= 4 is 21.8 Å². The maximum Gasteiger partial charge on any atom is 0.0541 e. The molecule has 0 amide bonds. The average Bonchev–Trinajstić information content (AvgIpc) is 3.45. The smallest absolute Gasteiger partial charge is 0.0541 e. The molecule has 1 nitrogen and oxygen atoms in total. The number of hydrogen-bond acceptors (Lipinski definition) is 0. The lowest BCUT2D eigenvalue weighted by Gasteiger charge is -2.19. The fourth-order valence-corrected chi connectivity index (χ4v) is 7.31. The molecule has 0 unspecified atom stereocenters. The van der Waals surface area contributed by atoms with E-state index in [0.717, 1.165) is 0 Å². The zero-order valence-electron chi connectivity index (χ0n) is 27.4. The average molecular weight is 604 g/mol. The number of benzene rings is 7. The van der Waals surface area contributed by atoms with E-state index in [0.29, 0.717) is 0 Å². The van der Waals surface area contributed by atoms with Gasteiger partial charge in [-0.05, 0) is 137 Å². The molecule has 1 aromatic heterocycles. The van der Waals surface area contributed by atoms with Crippen LogP contribution in [-0.2, 0) is 0 Å². The maximum atomic E-state index is 2.43. The van der Waals surface area contributed by atoms with E-state index in [4.69, 9.17) is 0 Å². The largest absolute Gasteiger partial charge is 0.309 e. The molecule has 0 aliphatic carbocycles. The molecule has 0 radical (unpaired) electrons. The minimum absolute atomic E-state index is 1.23. The quantitative estimate of drug-likeness (QED) is 0.184. The molecule has 0 saturated carbocycles. The van der Waals surface area contributed by atoms with Crippen LogP contribution >= 0.6 is 0 Å². The zero-order chi connectivity index (χ0) is 32.1. The molecule has 47 heavy (non-hydrogen) atoms. The Bertz CT molecular complexity index is 2320. The van der Waals surface area contributed by atoms with E-state index in [1.54, 1.807) is 0 Å². The summed E-state index contributed by atoms with van der Waals surface area (Å²) in [5, 5.41) is 2.58. The lowest BCUT2D eigenvalue weighted by atomic mass is 9.87. The van der Waals surface area contributed by atoms with Crippen molar-refractivity contribution in [1.29, 1.82) is 0 Å². The summed E-state index contributed by atoms with van der Waals surface area (Å²) in [6.07, 6.45) is 0. The maximum absolute atomic E-state index is 2.43. The van der Waals surface area contributed by atoms with Gasteiger partial charge in [-0.3, -0.25) is 0 Å². The molecular weight excluding hydrogens is 567 g/mol. The minimum atomic E-state index is 1.23. The summed E-state index contributed by atoms with van der Waals surface area (Å²) in [7, 11) is 0. The Kier molecular flexibility index (Phi) is 7.11. The topological polar surface area (TPSA) is 4.93 Å². The van der Waals surface area contributed by atoms with Crippen molar-refractivity contribution in [2.24, 2.45) is 0 Å². The standard InChI is InChI=1S/C46H37N/c1-30-24-42(43-25-33(4)46(26-32(43)3)47-44-21-13-11-19-39(44)40-20-12-14-22-45(40)47)31(2)23-41(30)38-28-36(34-15-7-5-8-16-34)27-37(29-38)35-17-9-6-10-18-35/h5-29H,1-4H3. The Hall–Kier alpha value is -5.66. The highest BCUT2D eigenvalue weighted by atomic mass is 15.0. The summed E-state index contributed by atoms with van der Waals surface area (Å²) >= 11 is 0. The number of hydrogen-bond donors (Lipinski definition) is 0. The summed E-state index contributed by atoms with van der Waals surface area (Å²) in [4.78, 5) is 0. The summed E-state index contributed by atoms with van der Waals surface area (Å²) in [6, 6.07) is 55.5. The molecule has 0 fully saturated rings. The molecule has 226 valence electrons. The molecule has 8 rings (SSSR count). The van der Waals surface area contributed by atoms with Gasteiger partial charge in [0.2, 0.25) is 0 Å². The van der Waals surface area contributed by atoms with E-state index >= 15 is 0 Å². The van der Waals surface area contributed by atoms with Crippen LogP contribution in [0.4, 0.5) is 0 Å². The second kappa shape index (κ2) is 11.6. The highest BCUT2D eigenvalue weighted by Crippen LogP contribution is 2.39. The molecule has 1 heteroatoms. The lowest BCUT2D eigenvalue weighted by molar-refractivity contribution is 1.14. The van der Waals surface area contributed by atoms with Crippen LogP contribution in [0, 0.1) is 27.7 Å². The number of nitrogens with zero attached hydrogens (tertiary/aromatic N) is 1.